The molecule has 2 N–H and O–H groups in total. The Morgan fingerprint density at radius 3 is 2.69 bits per heavy atom. The standard InChI is InChI=1S/C21H32N6OS/c1-5-22-21(23-9-8-19-14-29-17(4)26-19)25-11-18-6-7-20(24-10-18)27-12-15(2)28-16(3)13-27/h6-7,10,14-16H,5,8-9,11-13H2,1-4H3,(H2,22,23,25). The van der Waals surface area contributed by atoms with Crippen LogP contribution < -0.4 is 15.5 Å². The number of anilines is 1. The number of aryl methyl sites for hydroxylation is 1. The molecular weight excluding hydrogens is 384 g/mol. The van der Waals surface area contributed by atoms with Gasteiger partial charge in [0.05, 0.1) is 29.5 Å². The number of nitrogens with zero attached hydrogens (tertiary/aromatic N) is 4. The van der Waals surface area contributed by atoms with Gasteiger partial charge in [0.25, 0.3) is 0 Å². The summed E-state index contributed by atoms with van der Waals surface area (Å²) in [5.74, 6) is 1.82. The summed E-state index contributed by atoms with van der Waals surface area (Å²) in [6, 6.07) is 4.19. The van der Waals surface area contributed by atoms with E-state index in [2.05, 4.69) is 68.8 Å². The molecule has 3 heterocycles. The van der Waals surface area contributed by atoms with Crippen molar-refractivity contribution in [1.29, 1.82) is 0 Å². The Morgan fingerprint density at radius 1 is 1.28 bits per heavy atom. The normalized spacial score (nSPS) is 20.0. The quantitative estimate of drug-likeness (QED) is 0.534. The van der Waals surface area contributed by atoms with Gasteiger partial charge in [0.15, 0.2) is 5.96 Å². The Balaban J connectivity index is 1.53. The first kappa shape index (κ1) is 21.5. The number of guanidine groups is 1. The molecule has 0 aliphatic carbocycles. The summed E-state index contributed by atoms with van der Waals surface area (Å²) in [4.78, 5) is 16.1. The third-order valence-electron chi connectivity index (χ3n) is 4.66. The Morgan fingerprint density at radius 2 is 2.07 bits per heavy atom. The maximum Gasteiger partial charge on any atom is 0.191 e. The fraction of sp³-hybridized carbons (Fsp3) is 0.571. The minimum absolute atomic E-state index is 0.228. The van der Waals surface area contributed by atoms with Crippen molar-refractivity contribution in [2.45, 2.75) is 52.9 Å². The monoisotopic (exact) mass is 416 g/mol. The molecule has 1 aliphatic heterocycles. The molecule has 1 aliphatic rings. The summed E-state index contributed by atoms with van der Waals surface area (Å²) in [6.07, 6.45) is 3.27. The van der Waals surface area contributed by atoms with Crippen molar-refractivity contribution in [3.8, 4) is 0 Å². The Hall–Kier alpha value is -2.19. The molecule has 0 bridgehead atoms. The van der Waals surface area contributed by atoms with Crippen LogP contribution in [0.3, 0.4) is 0 Å². The number of aliphatic imine (C=N–C) groups is 1. The molecule has 158 valence electrons. The molecule has 7 nitrogen and oxygen atoms in total. The van der Waals surface area contributed by atoms with Gasteiger partial charge in [-0.2, -0.15) is 0 Å². The van der Waals surface area contributed by atoms with Crippen LogP contribution in [0.1, 0.15) is 37.0 Å². The molecule has 0 saturated carbocycles. The molecule has 0 spiro atoms. The number of aromatic nitrogens is 2. The van der Waals surface area contributed by atoms with E-state index in [4.69, 9.17) is 4.74 Å². The second-order valence-corrected chi connectivity index (χ2v) is 8.48. The van der Waals surface area contributed by atoms with Gasteiger partial charge in [-0.3, -0.25) is 0 Å². The van der Waals surface area contributed by atoms with Crippen LogP contribution in [0.5, 0.6) is 0 Å². The predicted octanol–water partition coefficient (Wildman–Crippen LogP) is 2.76. The second-order valence-electron chi connectivity index (χ2n) is 7.42. The van der Waals surface area contributed by atoms with E-state index in [9.17, 15) is 0 Å². The van der Waals surface area contributed by atoms with Gasteiger partial charge in [-0.1, -0.05) is 6.07 Å². The lowest BCUT2D eigenvalue weighted by Crippen LogP contribution is -2.45. The van der Waals surface area contributed by atoms with E-state index in [1.807, 2.05) is 13.1 Å². The molecule has 0 radical (unpaired) electrons. The van der Waals surface area contributed by atoms with Gasteiger partial charge in [-0.05, 0) is 39.3 Å². The van der Waals surface area contributed by atoms with Crippen molar-refractivity contribution in [2.24, 2.45) is 4.99 Å². The van der Waals surface area contributed by atoms with Crippen molar-refractivity contribution in [3.05, 3.63) is 40.0 Å². The maximum atomic E-state index is 5.81. The number of ether oxygens (including phenoxy) is 1. The third-order valence-corrected chi connectivity index (χ3v) is 5.48. The largest absolute Gasteiger partial charge is 0.372 e. The van der Waals surface area contributed by atoms with E-state index in [1.54, 1.807) is 11.3 Å². The summed E-state index contributed by atoms with van der Waals surface area (Å²) in [5.41, 5.74) is 2.22. The van der Waals surface area contributed by atoms with E-state index in [1.165, 1.54) is 0 Å². The summed E-state index contributed by atoms with van der Waals surface area (Å²) in [7, 11) is 0. The van der Waals surface area contributed by atoms with Gasteiger partial charge in [-0.25, -0.2) is 15.0 Å². The molecule has 2 atom stereocenters. The van der Waals surface area contributed by atoms with Crippen molar-refractivity contribution in [1.82, 2.24) is 20.6 Å². The molecule has 29 heavy (non-hydrogen) atoms. The average molecular weight is 417 g/mol. The van der Waals surface area contributed by atoms with Crippen molar-refractivity contribution < 1.29 is 4.74 Å². The minimum Gasteiger partial charge on any atom is -0.372 e. The van der Waals surface area contributed by atoms with Crippen LogP contribution in [-0.2, 0) is 17.7 Å². The van der Waals surface area contributed by atoms with Crippen molar-refractivity contribution in [3.63, 3.8) is 0 Å². The zero-order chi connectivity index (χ0) is 20.6. The fourth-order valence-corrected chi connectivity index (χ4v) is 4.05. The molecule has 0 amide bonds. The minimum atomic E-state index is 0.228. The molecule has 2 aromatic heterocycles. The van der Waals surface area contributed by atoms with E-state index in [-0.39, 0.29) is 12.2 Å². The first-order valence-electron chi connectivity index (χ1n) is 10.3. The summed E-state index contributed by atoms with van der Waals surface area (Å²) < 4.78 is 5.81. The lowest BCUT2D eigenvalue weighted by Gasteiger charge is -2.36. The van der Waals surface area contributed by atoms with Crippen LogP contribution in [0.2, 0.25) is 0 Å². The van der Waals surface area contributed by atoms with E-state index in [0.717, 1.165) is 60.6 Å². The molecule has 2 unspecified atom stereocenters. The average Bonchev–Trinajstić information content (AvgIpc) is 3.11. The lowest BCUT2D eigenvalue weighted by atomic mass is 10.2. The first-order valence-corrected chi connectivity index (χ1v) is 11.2. The molecule has 2 aromatic rings. The third kappa shape index (κ3) is 6.68. The van der Waals surface area contributed by atoms with Crippen LogP contribution in [0.4, 0.5) is 5.82 Å². The zero-order valence-corrected chi connectivity index (χ0v) is 18.6. The number of hydrogen-bond donors (Lipinski definition) is 2. The van der Waals surface area contributed by atoms with Gasteiger partial charge >= 0.3 is 0 Å². The number of pyridine rings is 1. The van der Waals surface area contributed by atoms with Crippen LogP contribution in [0.15, 0.2) is 28.7 Å². The maximum absolute atomic E-state index is 5.81. The molecule has 8 heteroatoms. The van der Waals surface area contributed by atoms with Crippen LogP contribution in [0.25, 0.3) is 0 Å². The van der Waals surface area contributed by atoms with Crippen molar-refractivity contribution in [2.75, 3.05) is 31.1 Å². The highest BCUT2D eigenvalue weighted by Crippen LogP contribution is 2.18. The summed E-state index contributed by atoms with van der Waals surface area (Å²) in [6.45, 7) is 12.3. The topological polar surface area (TPSA) is 74.7 Å². The number of rotatable bonds is 7. The molecule has 1 fully saturated rings. The van der Waals surface area contributed by atoms with Gasteiger partial charge in [0.2, 0.25) is 0 Å². The number of thiazole rings is 1. The van der Waals surface area contributed by atoms with Gasteiger partial charge in [0.1, 0.15) is 5.82 Å². The second kappa shape index (κ2) is 10.5. The molecular formula is C21H32N6OS. The lowest BCUT2D eigenvalue weighted by molar-refractivity contribution is -0.00545. The highest BCUT2D eigenvalue weighted by molar-refractivity contribution is 7.09. The summed E-state index contributed by atoms with van der Waals surface area (Å²) in [5, 5.41) is 9.90. The summed E-state index contributed by atoms with van der Waals surface area (Å²) >= 11 is 1.69. The Kier molecular flexibility index (Phi) is 7.83. The van der Waals surface area contributed by atoms with Crippen molar-refractivity contribution >= 4 is 23.1 Å². The molecule has 0 aromatic carbocycles. The van der Waals surface area contributed by atoms with Crippen LogP contribution in [-0.4, -0.2) is 54.3 Å². The van der Waals surface area contributed by atoms with E-state index >= 15 is 0 Å². The van der Waals surface area contributed by atoms with Gasteiger partial charge < -0.3 is 20.3 Å². The number of morpholine rings is 1. The van der Waals surface area contributed by atoms with Gasteiger partial charge in [-0.15, -0.1) is 11.3 Å². The fourth-order valence-electron chi connectivity index (χ4n) is 3.41. The highest BCUT2D eigenvalue weighted by Gasteiger charge is 2.22. The predicted molar refractivity (Wildman–Crippen MR) is 120 cm³/mol. The van der Waals surface area contributed by atoms with Gasteiger partial charge in [0, 0.05) is 44.2 Å². The van der Waals surface area contributed by atoms with E-state index in [0.29, 0.717) is 6.54 Å². The SMILES string of the molecule is CCNC(=NCc1ccc(N2CC(C)OC(C)C2)nc1)NCCc1csc(C)n1. The molecule has 3 rings (SSSR count). The zero-order valence-electron chi connectivity index (χ0n) is 17.8. The van der Waals surface area contributed by atoms with Crippen LogP contribution in [0, 0.1) is 6.92 Å². The van der Waals surface area contributed by atoms with Crippen LogP contribution >= 0.6 is 11.3 Å². The van der Waals surface area contributed by atoms with E-state index < -0.39 is 0 Å². The first-order chi connectivity index (χ1) is 14.0. The number of nitrogens with one attached hydrogen (secondary N) is 2. The smallest absolute Gasteiger partial charge is 0.191 e. The highest BCUT2D eigenvalue weighted by atomic mass is 32.1. The Labute approximate surface area is 177 Å². The number of hydrogen-bond acceptors (Lipinski definition) is 6. The molecule has 1 saturated heterocycles. The Bertz CT molecular complexity index is 781.